The van der Waals surface area contributed by atoms with Gasteiger partial charge >= 0.3 is 0 Å². The largest absolute Gasteiger partial charge is 0.423 e. The van der Waals surface area contributed by atoms with Gasteiger partial charge in [0, 0.05) is 62.3 Å². The predicted molar refractivity (Wildman–Crippen MR) is 150 cm³/mol. The lowest BCUT2D eigenvalue weighted by Gasteiger charge is -2.32. The number of aryl methyl sites for hydroxylation is 1. The van der Waals surface area contributed by atoms with Gasteiger partial charge in [-0.1, -0.05) is 12.1 Å². The van der Waals surface area contributed by atoms with Gasteiger partial charge in [0.2, 0.25) is 5.91 Å². The standard InChI is InChI=1S/C30H31F2N5O3/c1-19-14-21(6-7-27(19)37-10-12-39-13-11-37)33-30-34-26-5-3-4-22(29(26)40-30)20-15-24(31)23(25(32)16-20)17-36-9-8-35(2)28(38)18-36/h3-7,14-16H,8-13,17-18H2,1-2H3,(H,33,34). The Balaban J connectivity index is 1.23. The molecule has 1 N–H and O–H groups in total. The molecule has 0 aliphatic carbocycles. The molecule has 0 unspecified atom stereocenters. The summed E-state index contributed by atoms with van der Waals surface area (Å²) in [6, 6.07) is 14.3. The van der Waals surface area contributed by atoms with E-state index in [0.717, 1.165) is 37.6 Å². The van der Waals surface area contributed by atoms with Gasteiger partial charge in [0.25, 0.3) is 6.01 Å². The molecule has 4 aromatic rings. The van der Waals surface area contributed by atoms with Crippen molar-refractivity contribution in [2.45, 2.75) is 13.5 Å². The van der Waals surface area contributed by atoms with Crippen molar-refractivity contribution in [3.8, 4) is 11.1 Å². The van der Waals surface area contributed by atoms with Gasteiger partial charge in [0.1, 0.15) is 17.2 Å². The van der Waals surface area contributed by atoms with E-state index in [2.05, 4.69) is 28.2 Å². The fourth-order valence-electron chi connectivity index (χ4n) is 5.32. The fraction of sp³-hybridized carbons (Fsp3) is 0.333. The zero-order valence-electron chi connectivity index (χ0n) is 22.5. The van der Waals surface area contributed by atoms with Gasteiger partial charge < -0.3 is 24.3 Å². The van der Waals surface area contributed by atoms with Crippen LogP contribution in [0.1, 0.15) is 11.1 Å². The maximum atomic E-state index is 15.2. The van der Waals surface area contributed by atoms with Crippen molar-refractivity contribution in [1.29, 1.82) is 0 Å². The van der Waals surface area contributed by atoms with Crippen molar-refractivity contribution in [2.75, 3.05) is 63.2 Å². The van der Waals surface area contributed by atoms with E-state index in [4.69, 9.17) is 9.15 Å². The van der Waals surface area contributed by atoms with Crippen LogP contribution < -0.4 is 10.2 Å². The number of nitrogens with one attached hydrogen (secondary N) is 1. The van der Waals surface area contributed by atoms with Crippen LogP contribution in [0.2, 0.25) is 0 Å². The second-order valence-corrected chi connectivity index (χ2v) is 10.3. The molecular weight excluding hydrogens is 516 g/mol. The monoisotopic (exact) mass is 547 g/mol. The van der Waals surface area contributed by atoms with E-state index in [0.29, 0.717) is 41.3 Å². The number of oxazole rings is 1. The number of piperazine rings is 1. The van der Waals surface area contributed by atoms with E-state index in [9.17, 15) is 4.79 Å². The van der Waals surface area contributed by atoms with E-state index < -0.39 is 11.6 Å². The fourth-order valence-corrected chi connectivity index (χ4v) is 5.32. The number of ether oxygens (including phenoxy) is 1. The highest BCUT2D eigenvalue weighted by atomic mass is 19.1. The number of aromatic nitrogens is 1. The molecule has 3 heterocycles. The molecule has 0 radical (unpaired) electrons. The SMILES string of the molecule is Cc1cc(Nc2nc3cccc(-c4cc(F)c(CN5CCN(C)C(=O)C5)c(F)c4)c3o2)ccc1N1CCOCC1. The quantitative estimate of drug-likeness (QED) is 0.367. The predicted octanol–water partition coefficient (Wildman–Crippen LogP) is 4.94. The second-order valence-electron chi connectivity index (χ2n) is 10.3. The lowest BCUT2D eigenvalue weighted by molar-refractivity contribution is -0.134. The summed E-state index contributed by atoms with van der Waals surface area (Å²) in [5.41, 5.74) is 4.96. The summed E-state index contributed by atoms with van der Waals surface area (Å²) in [5.74, 6) is -1.38. The highest BCUT2D eigenvalue weighted by Crippen LogP contribution is 2.34. The molecule has 0 saturated carbocycles. The third-order valence-corrected chi connectivity index (χ3v) is 7.58. The third-order valence-electron chi connectivity index (χ3n) is 7.58. The van der Waals surface area contributed by atoms with Crippen LogP contribution in [0, 0.1) is 18.6 Å². The number of likely N-dealkylation sites (N-methyl/N-ethyl adjacent to an activating group) is 1. The lowest BCUT2D eigenvalue weighted by Crippen LogP contribution is -2.48. The van der Waals surface area contributed by atoms with E-state index in [1.54, 1.807) is 35.0 Å². The van der Waals surface area contributed by atoms with Gasteiger partial charge in [-0.15, -0.1) is 0 Å². The number of benzene rings is 3. The van der Waals surface area contributed by atoms with Crippen LogP contribution in [-0.2, 0) is 16.1 Å². The summed E-state index contributed by atoms with van der Waals surface area (Å²) in [5, 5.41) is 3.22. The maximum absolute atomic E-state index is 15.2. The molecule has 208 valence electrons. The van der Waals surface area contributed by atoms with E-state index >= 15 is 8.78 Å². The molecule has 2 aliphatic heterocycles. The average molecular weight is 548 g/mol. The minimum atomic E-state index is -0.660. The van der Waals surface area contributed by atoms with Crippen LogP contribution >= 0.6 is 0 Å². The Bertz CT molecular complexity index is 1540. The molecule has 3 aromatic carbocycles. The molecule has 1 amide bonds. The summed E-state index contributed by atoms with van der Waals surface area (Å²) >= 11 is 0. The number of morpholine rings is 1. The number of amides is 1. The van der Waals surface area contributed by atoms with Crippen LogP contribution in [0.25, 0.3) is 22.2 Å². The van der Waals surface area contributed by atoms with E-state index in [1.807, 2.05) is 12.1 Å². The molecule has 1 aromatic heterocycles. The highest BCUT2D eigenvalue weighted by Gasteiger charge is 2.24. The number of halogens is 2. The number of fused-ring (bicyclic) bond motifs is 1. The smallest absolute Gasteiger partial charge is 0.300 e. The number of anilines is 3. The molecule has 2 fully saturated rings. The summed E-state index contributed by atoms with van der Waals surface area (Å²) < 4.78 is 41.9. The van der Waals surface area contributed by atoms with Crippen LogP contribution in [0.5, 0.6) is 0 Å². The first-order valence-electron chi connectivity index (χ1n) is 13.4. The molecule has 2 saturated heterocycles. The Morgan fingerprint density at radius 1 is 1.00 bits per heavy atom. The molecule has 10 heteroatoms. The first-order valence-corrected chi connectivity index (χ1v) is 13.4. The Morgan fingerprint density at radius 3 is 2.50 bits per heavy atom. The van der Waals surface area contributed by atoms with E-state index in [1.165, 1.54) is 17.8 Å². The van der Waals surface area contributed by atoms with Gasteiger partial charge in [-0.2, -0.15) is 4.98 Å². The summed E-state index contributed by atoms with van der Waals surface area (Å²) in [6.07, 6.45) is 0. The van der Waals surface area contributed by atoms with Crippen molar-refractivity contribution < 1.29 is 22.7 Å². The molecule has 8 nitrogen and oxygen atoms in total. The zero-order chi connectivity index (χ0) is 27.8. The molecule has 0 spiro atoms. The zero-order valence-corrected chi connectivity index (χ0v) is 22.5. The summed E-state index contributed by atoms with van der Waals surface area (Å²) in [7, 11) is 1.73. The van der Waals surface area contributed by atoms with Crippen LogP contribution in [-0.4, -0.2) is 73.7 Å². The summed E-state index contributed by atoms with van der Waals surface area (Å²) in [6.45, 7) is 6.48. The first kappa shape index (κ1) is 26.2. The van der Waals surface area contributed by atoms with Crippen molar-refractivity contribution in [2.24, 2.45) is 0 Å². The van der Waals surface area contributed by atoms with Crippen molar-refractivity contribution in [3.05, 3.63) is 71.3 Å². The Labute approximate surface area is 231 Å². The Kier molecular flexibility index (Phi) is 7.12. The molecule has 2 aliphatic rings. The van der Waals surface area contributed by atoms with Gasteiger partial charge in [0.05, 0.1) is 19.8 Å². The minimum Gasteiger partial charge on any atom is -0.423 e. The number of carbonyl (C=O) groups excluding carboxylic acids is 1. The average Bonchev–Trinajstić information content (AvgIpc) is 3.35. The number of hydrogen-bond donors (Lipinski definition) is 1. The number of nitrogens with zero attached hydrogens (tertiary/aromatic N) is 4. The van der Waals surface area contributed by atoms with Gasteiger partial charge in [-0.05, 0) is 54.4 Å². The molecule has 40 heavy (non-hydrogen) atoms. The summed E-state index contributed by atoms with van der Waals surface area (Å²) in [4.78, 5) is 22.3. The number of para-hydroxylation sites is 1. The second kappa shape index (κ2) is 10.9. The molecule has 0 bridgehead atoms. The highest BCUT2D eigenvalue weighted by molar-refractivity contribution is 5.91. The maximum Gasteiger partial charge on any atom is 0.300 e. The van der Waals surface area contributed by atoms with Gasteiger partial charge in [-0.3, -0.25) is 9.69 Å². The third kappa shape index (κ3) is 5.24. The lowest BCUT2D eigenvalue weighted by atomic mass is 10.0. The van der Waals surface area contributed by atoms with Gasteiger partial charge in [0.15, 0.2) is 5.58 Å². The molecular formula is C30H31F2N5O3. The number of hydrogen-bond acceptors (Lipinski definition) is 7. The molecule has 0 atom stereocenters. The topological polar surface area (TPSA) is 74.1 Å². The Morgan fingerprint density at radius 2 is 1.77 bits per heavy atom. The van der Waals surface area contributed by atoms with E-state index in [-0.39, 0.29) is 24.6 Å². The van der Waals surface area contributed by atoms with Crippen LogP contribution in [0.15, 0.2) is 52.9 Å². The van der Waals surface area contributed by atoms with Crippen LogP contribution in [0.3, 0.4) is 0 Å². The number of carbonyl (C=O) groups is 1. The Hall–Kier alpha value is -4.02. The minimum absolute atomic E-state index is 0.0296. The van der Waals surface area contributed by atoms with Gasteiger partial charge in [-0.25, -0.2) is 8.78 Å². The van der Waals surface area contributed by atoms with Crippen molar-refractivity contribution in [1.82, 2.24) is 14.8 Å². The molecule has 6 rings (SSSR count). The van der Waals surface area contributed by atoms with Crippen molar-refractivity contribution >= 4 is 34.4 Å². The normalized spacial score (nSPS) is 16.6. The van der Waals surface area contributed by atoms with Crippen LogP contribution in [0.4, 0.5) is 26.2 Å². The van der Waals surface area contributed by atoms with Crippen molar-refractivity contribution in [3.63, 3.8) is 0 Å². The number of rotatable bonds is 6. The first-order chi connectivity index (χ1) is 19.4.